The number of esters is 1. The number of unbranched alkanes of at least 4 members (excludes halogenated alkanes) is 5. The van der Waals surface area contributed by atoms with Crippen LogP contribution in [0, 0.1) is 5.92 Å². The molecular formula is C16H30O2. The fraction of sp³-hybridized carbons (Fsp3) is 0.812. The molecular weight excluding hydrogens is 224 g/mol. The van der Waals surface area contributed by atoms with Crippen molar-refractivity contribution in [3.8, 4) is 0 Å². The van der Waals surface area contributed by atoms with Gasteiger partial charge in [-0.15, -0.1) is 0 Å². The quantitative estimate of drug-likeness (QED) is 0.298. The predicted molar refractivity (Wildman–Crippen MR) is 77.5 cm³/mol. The molecule has 18 heavy (non-hydrogen) atoms. The summed E-state index contributed by atoms with van der Waals surface area (Å²) in [5.41, 5.74) is 0. The number of ether oxygens (including phenoxy) is 1. The van der Waals surface area contributed by atoms with Gasteiger partial charge in [0.15, 0.2) is 0 Å². The van der Waals surface area contributed by atoms with Crippen molar-refractivity contribution in [2.75, 3.05) is 6.61 Å². The molecule has 0 aliphatic carbocycles. The van der Waals surface area contributed by atoms with Gasteiger partial charge in [-0.05, 0) is 31.6 Å². The zero-order valence-electron chi connectivity index (χ0n) is 12.4. The molecule has 0 N–H and O–H groups in total. The Morgan fingerprint density at radius 3 is 2.56 bits per heavy atom. The Morgan fingerprint density at radius 1 is 1.17 bits per heavy atom. The van der Waals surface area contributed by atoms with Gasteiger partial charge in [0.05, 0.1) is 6.61 Å². The average molecular weight is 254 g/mol. The van der Waals surface area contributed by atoms with Gasteiger partial charge in [0.25, 0.3) is 0 Å². The van der Waals surface area contributed by atoms with Crippen LogP contribution in [-0.2, 0) is 9.53 Å². The monoisotopic (exact) mass is 254 g/mol. The third-order valence-corrected chi connectivity index (χ3v) is 3.10. The van der Waals surface area contributed by atoms with Gasteiger partial charge in [0, 0.05) is 6.92 Å². The summed E-state index contributed by atoms with van der Waals surface area (Å²) in [4.78, 5) is 10.6. The summed E-state index contributed by atoms with van der Waals surface area (Å²) in [7, 11) is 0. The lowest BCUT2D eigenvalue weighted by Crippen LogP contribution is -2.04. The zero-order chi connectivity index (χ0) is 13.6. The summed E-state index contributed by atoms with van der Waals surface area (Å²) in [6.07, 6.45) is 14.6. The van der Waals surface area contributed by atoms with Crippen LogP contribution in [0.1, 0.15) is 72.1 Å². The Hall–Kier alpha value is -0.790. The second-order valence-corrected chi connectivity index (χ2v) is 5.14. The smallest absolute Gasteiger partial charge is 0.302 e. The van der Waals surface area contributed by atoms with Gasteiger partial charge in [0.1, 0.15) is 0 Å². The number of carbonyl (C=O) groups excluding carboxylic acids is 1. The molecule has 0 amide bonds. The average Bonchev–Trinajstić information content (AvgIpc) is 2.32. The molecule has 0 aliphatic heterocycles. The maximum Gasteiger partial charge on any atom is 0.302 e. The van der Waals surface area contributed by atoms with E-state index < -0.39 is 0 Å². The molecule has 2 heteroatoms. The molecule has 0 aromatic rings. The minimum atomic E-state index is -0.176. The highest BCUT2D eigenvalue weighted by Crippen LogP contribution is 2.10. The van der Waals surface area contributed by atoms with E-state index in [9.17, 15) is 4.79 Å². The van der Waals surface area contributed by atoms with Crippen LogP contribution >= 0.6 is 0 Å². The number of carbonyl (C=O) groups is 1. The van der Waals surface area contributed by atoms with E-state index in [1.807, 2.05) is 0 Å². The first-order valence-electron chi connectivity index (χ1n) is 7.45. The largest absolute Gasteiger partial charge is 0.466 e. The van der Waals surface area contributed by atoms with Crippen LogP contribution in [-0.4, -0.2) is 12.6 Å². The lowest BCUT2D eigenvalue weighted by Gasteiger charge is -2.08. The van der Waals surface area contributed by atoms with Crippen molar-refractivity contribution in [1.82, 2.24) is 0 Å². The van der Waals surface area contributed by atoms with Gasteiger partial charge < -0.3 is 4.74 Å². The van der Waals surface area contributed by atoms with Gasteiger partial charge in [-0.2, -0.15) is 0 Å². The molecule has 0 fully saturated rings. The molecule has 0 radical (unpaired) electrons. The topological polar surface area (TPSA) is 26.3 Å². The van der Waals surface area contributed by atoms with Gasteiger partial charge in [-0.3, -0.25) is 4.79 Å². The standard InChI is InChI=1S/C16H30O2/c1-4-5-6-7-8-9-10-11-12-15(2)13-14-18-16(3)17/h10-11,15H,4-9,12-14H2,1-3H3. The number of hydrogen-bond acceptors (Lipinski definition) is 2. The Bertz CT molecular complexity index is 221. The van der Waals surface area contributed by atoms with E-state index in [1.54, 1.807) is 0 Å². The summed E-state index contributed by atoms with van der Waals surface area (Å²) >= 11 is 0. The number of allylic oxidation sites excluding steroid dienone is 2. The van der Waals surface area contributed by atoms with Crippen LogP contribution in [0.2, 0.25) is 0 Å². The van der Waals surface area contributed by atoms with E-state index in [4.69, 9.17) is 4.74 Å². The molecule has 0 saturated carbocycles. The van der Waals surface area contributed by atoms with Crippen molar-refractivity contribution in [2.24, 2.45) is 5.92 Å². The van der Waals surface area contributed by atoms with Crippen molar-refractivity contribution < 1.29 is 9.53 Å². The van der Waals surface area contributed by atoms with Crippen molar-refractivity contribution in [1.29, 1.82) is 0 Å². The SMILES string of the molecule is CCCCCCCC=CCC(C)CCOC(C)=O. The maximum absolute atomic E-state index is 10.6. The molecule has 1 unspecified atom stereocenters. The van der Waals surface area contributed by atoms with E-state index in [0.29, 0.717) is 12.5 Å². The fourth-order valence-corrected chi connectivity index (χ4v) is 1.83. The Kier molecular flexibility index (Phi) is 12.1. The minimum absolute atomic E-state index is 0.176. The first kappa shape index (κ1) is 17.2. The Morgan fingerprint density at radius 2 is 1.89 bits per heavy atom. The second-order valence-electron chi connectivity index (χ2n) is 5.14. The van der Waals surface area contributed by atoms with Crippen molar-refractivity contribution in [3.63, 3.8) is 0 Å². The second kappa shape index (κ2) is 12.7. The van der Waals surface area contributed by atoms with Crippen LogP contribution in [0.3, 0.4) is 0 Å². The summed E-state index contributed by atoms with van der Waals surface area (Å²) in [6, 6.07) is 0. The van der Waals surface area contributed by atoms with Crippen LogP contribution < -0.4 is 0 Å². The summed E-state index contributed by atoms with van der Waals surface area (Å²) < 4.78 is 4.93. The van der Waals surface area contributed by atoms with Crippen LogP contribution in [0.4, 0.5) is 0 Å². The zero-order valence-corrected chi connectivity index (χ0v) is 12.4. The molecule has 0 rings (SSSR count). The highest BCUT2D eigenvalue weighted by Gasteiger charge is 2.00. The molecule has 1 atom stereocenters. The maximum atomic E-state index is 10.6. The minimum Gasteiger partial charge on any atom is -0.466 e. The molecule has 0 bridgehead atoms. The summed E-state index contributed by atoms with van der Waals surface area (Å²) in [5, 5.41) is 0. The third kappa shape index (κ3) is 13.3. The van der Waals surface area contributed by atoms with Gasteiger partial charge >= 0.3 is 5.97 Å². The number of hydrogen-bond donors (Lipinski definition) is 0. The molecule has 0 heterocycles. The van der Waals surface area contributed by atoms with Gasteiger partial charge in [-0.25, -0.2) is 0 Å². The molecule has 0 aliphatic rings. The molecule has 2 nitrogen and oxygen atoms in total. The van der Waals surface area contributed by atoms with E-state index in [-0.39, 0.29) is 5.97 Å². The highest BCUT2D eigenvalue weighted by atomic mass is 16.5. The van der Waals surface area contributed by atoms with Crippen molar-refractivity contribution in [2.45, 2.75) is 72.1 Å². The predicted octanol–water partition coefficient (Wildman–Crippen LogP) is 4.88. The van der Waals surface area contributed by atoms with E-state index in [0.717, 1.165) is 12.8 Å². The van der Waals surface area contributed by atoms with Crippen LogP contribution in [0.5, 0.6) is 0 Å². The van der Waals surface area contributed by atoms with E-state index in [1.165, 1.54) is 45.4 Å². The van der Waals surface area contributed by atoms with Gasteiger partial charge in [-0.1, -0.05) is 51.7 Å². The van der Waals surface area contributed by atoms with E-state index in [2.05, 4.69) is 26.0 Å². The Labute approximate surface area is 113 Å². The lowest BCUT2D eigenvalue weighted by molar-refractivity contribution is -0.141. The Balaban J connectivity index is 3.31. The lowest BCUT2D eigenvalue weighted by atomic mass is 10.0. The fourth-order valence-electron chi connectivity index (χ4n) is 1.83. The van der Waals surface area contributed by atoms with E-state index >= 15 is 0 Å². The summed E-state index contributed by atoms with van der Waals surface area (Å²) in [6.45, 7) is 6.47. The molecule has 0 spiro atoms. The van der Waals surface area contributed by atoms with Crippen molar-refractivity contribution >= 4 is 5.97 Å². The third-order valence-electron chi connectivity index (χ3n) is 3.10. The number of rotatable bonds is 11. The first-order valence-corrected chi connectivity index (χ1v) is 7.45. The molecule has 0 aromatic heterocycles. The highest BCUT2D eigenvalue weighted by molar-refractivity contribution is 5.65. The van der Waals surface area contributed by atoms with Crippen LogP contribution in [0.15, 0.2) is 12.2 Å². The summed E-state index contributed by atoms with van der Waals surface area (Å²) in [5.74, 6) is 0.422. The van der Waals surface area contributed by atoms with Gasteiger partial charge in [0.2, 0.25) is 0 Å². The molecule has 0 aromatic carbocycles. The molecule has 0 saturated heterocycles. The van der Waals surface area contributed by atoms with Crippen molar-refractivity contribution in [3.05, 3.63) is 12.2 Å². The molecule has 106 valence electrons. The first-order chi connectivity index (χ1) is 8.66. The normalized spacial score (nSPS) is 12.8. The van der Waals surface area contributed by atoms with Crippen LogP contribution in [0.25, 0.3) is 0 Å².